The monoisotopic (exact) mass is 237 g/mol. The van der Waals surface area contributed by atoms with Gasteiger partial charge < -0.3 is 4.72 Å². The van der Waals surface area contributed by atoms with E-state index in [0.717, 1.165) is 17.2 Å². The first-order chi connectivity index (χ1) is 7.33. The van der Waals surface area contributed by atoms with Crippen LogP contribution in [0, 0.1) is 0 Å². The summed E-state index contributed by atoms with van der Waals surface area (Å²) in [6.45, 7) is 2.10. The molecule has 1 N–H and O–H groups in total. The molecule has 1 aromatic rings. The van der Waals surface area contributed by atoms with Gasteiger partial charge in [0.05, 0.1) is 4.99 Å². The van der Waals surface area contributed by atoms with Crippen LogP contribution in [0.2, 0.25) is 0 Å². The fraction of sp³-hybridized carbons (Fsp3) is 0.250. The van der Waals surface area contributed by atoms with E-state index in [-0.39, 0.29) is 0 Å². The summed E-state index contributed by atoms with van der Waals surface area (Å²) in [6.07, 6.45) is 4.97. The van der Waals surface area contributed by atoms with Gasteiger partial charge in [-0.25, -0.2) is 0 Å². The first-order valence-corrected chi connectivity index (χ1v) is 6.34. The summed E-state index contributed by atoms with van der Waals surface area (Å²) in [7, 11) is 0. The summed E-state index contributed by atoms with van der Waals surface area (Å²) in [6, 6.07) is 10.2. The van der Waals surface area contributed by atoms with Crippen molar-refractivity contribution in [2.45, 2.75) is 13.3 Å². The maximum atomic E-state index is 5.15. The second kappa shape index (κ2) is 7.49. The molecule has 1 rings (SSSR count). The number of hydrogen-bond acceptors (Lipinski definition) is 2. The lowest BCUT2D eigenvalue weighted by Gasteiger charge is -2.01. The highest BCUT2D eigenvalue weighted by Crippen LogP contribution is 2.02. The van der Waals surface area contributed by atoms with Gasteiger partial charge in [-0.05, 0) is 5.56 Å². The zero-order valence-corrected chi connectivity index (χ0v) is 10.4. The Morgan fingerprint density at radius 1 is 1.40 bits per heavy atom. The molecule has 0 saturated heterocycles. The van der Waals surface area contributed by atoms with Gasteiger partial charge >= 0.3 is 0 Å². The summed E-state index contributed by atoms with van der Waals surface area (Å²) in [4.78, 5) is 0.883. The highest BCUT2D eigenvalue weighted by Gasteiger charge is 1.91. The van der Waals surface area contributed by atoms with E-state index < -0.39 is 0 Å². The molecule has 0 aliphatic heterocycles. The third-order valence-corrected chi connectivity index (χ3v) is 2.82. The molecule has 0 heterocycles. The molecule has 0 unspecified atom stereocenters. The number of hydrogen-bond donors (Lipinski definition) is 1. The van der Waals surface area contributed by atoms with E-state index >= 15 is 0 Å². The van der Waals surface area contributed by atoms with Crippen LogP contribution in [0.25, 0.3) is 6.08 Å². The van der Waals surface area contributed by atoms with E-state index in [1.807, 2.05) is 18.2 Å². The van der Waals surface area contributed by atoms with Crippen LogP contribution in [0.3, 0.4) is 0 Å². The standard InChI is InChI=1S/C12H15NS2/c1-2-15-13-12(14)10-6-9-11-7-4-3-5-8-11/h3-9H,2,10H2,1H3,(H,13,14). The van der Waals surface area contributed by atoms with Crippen LogP contribution in [0.4, 0.5) is 0 Å². The van der Waals surface area contributed by atoms with Gasteiger partial charge in [-0.1, -0.05) is 73.6 Å². The molecule has 0 radical (unpaired) electrons. The van der Waals surface area contributed by atoms with Gasteiger partial charge in [-0.15, -0.1) is 0 Å². The summed E-state index contributed by atoms with van der Waals surface area (Å²) < 4.78 is 3.12. The van der Waals surface area contributed by atoms with Gasteiger partial charge in [-0.2, -0.15) is 0 Å². The van der Waals surface area contributed by atoms with Crippen LogP contribution in [0.1, 0.15) is 18.9 Å². The predicted octanol–water partition coefficient (Wildman–Crippen LogP) is 3.68. The second-order valence-electron chi connectivity index (χ2n) is 2.98. The first kappa shape index (κ1) is 12.3. The van der Waals surface area contributed by atoms with Crippen molar-refractivity contribution in [1.82, 2.24) is 4.72 Å². The molecule has 3 heteroatoms. The summed E-state index contributed by atoms with van der Waals surface area (Å²) in [5.41, 5.74) is 1.21. The SMILES string of the molecule is CCSNC(=S)CC=Cc1ccccc1. The lowest BCUT2D eigenvalue weighted by Crippen LogP contribution is -2.11. The van der Waals surface area contributed by atoms with Crippen LogP contribution in [0.5, 0.6) is 0 Å². The fourth-order valence-electron chi connectivity index (χ4n) is 1.06. The Kier molecular flexibility index (Phi) is 6.12. The lowest BCUT2D eigenvalue weighted by atomic mass is 10.2. The average molecular weight is 237 g/mol. The molecule has 15 heavy (non-hydrogen) atoms. The smallest absolute Gasteiger partial charge is 0.0890 e. The molecular weight excluding hydrogens is 222 g/mol. The van der Waals surface area contributed by atoms with Crippen molar-refractivity contribution in [3.63, 3.8) is 0 Å². The van der Waals surface area contributed by atoms with Gasteiger partial charge in [0.2, 0.25) is 0 Å². The van der Waals surface area contributed by atoms with Crippen molar-refractivity contribution in [3.8, 4) is 0 Å². The van der Waals surface area contributed by atoms with Crippen LogP contribution in [-0.2, 0) is 0 Å². The zero-order chi connectivity index (χ0) is 10.9. The van der Waals surface area contributed by atoms with Gasteiger partial charge in [0.15, 0.2) is 0 Å². The highest BCUT2D eigenvalue weighted by atomic mass is 32.2. The molecule has 1 aromatic carbocycles. The Bertz CT molecular complexity index is 320. The minimum atomic E-state index is 0.803. The highest BCUT2D eigenvalue weighted by molar-refractivity contribution is 7.98. The summed E-state index contributed by atoms with van der Waals surface area (Å²) in [5.74, 6) is 1.03. The van der Waals surface area contributed by atoms with E-state index in [2.05, 4.69) is 35.9 Å². The van der Waals surface area contributed by atoms with E-state index in [1.54, 1.807) is 11.9 Å². The minimum Gasteiger partial charge on any atom is -0.324 e. The van der Waals surface area contributed by atoms with E-state index in [1.165, 1.54) is 5.56 Å². The third-order valence-electron chi connectivity index (χ3n) is 1.74. The van der Waals surface area contributed by atoms with Crippen LogP contribution < -0.4 is 4.72 Å². The predicted molar refractivity (Wildman–Crippen MR) is 74.0 cm³/mol. The van der Waals surface area contributed by atoms with E-state index in [0.29, 0.717) is 0 Å². The van der Waals surface area contributed by atoms with E-state index in [4.69, 9.17) is 12.2 Å². The van der Waals surface area contributed by atoms with E-state index in [9.17, 15) is 0 Å². The molecule has 0 saturated carbocycles. The fourth-order valence-corrected chi connectivity index (χ4v) is 1.72. The summed E-state index contributed by atoms with van der Waals surface area (Å²) in [5, 5.41) is 0. The molecule has 1 nitrogen and oxygen atoms in total. The maximum absolute atomic E-state index is 5.15. The normalized spacial score (nSPS) is 10.5. The van der Waals surface area contributed by atoms with Gasteiger partial charge in [0.25, 0.3) is 0 Å². The molecule has 0 aliphatic carbocycles. The zero-order valence-electron chi connectivity index (χ0n) is 8.77. The molecule has 80 valence electrons. The third kappa shape index (κ3) is 5.60. The van der Waals surface area contributed by atoms with Gasteiger partial charge in [0, 0.05) is 12.2 Å². The van der Waals surface area contributed by atoms with Crippen molar-refractivity contribution in [2.24, 2.45) is 0 Å². The quantitative estimate of drug-likeness (QED) is 0.620. The topological polar surface area (TPSA) is 12.0 Å². The number of benzene rings is 1. The van der Waals surface area contributed by atoms with Crippen molar-refractivity contribution >= 4 is 35.2 Å². The number of thiocarbonyl (C=S) groups is 1. The Labute approximate surface area is 101 Å². The molecule has 0 aliphatic rings. The molecule has 0 aromatic heterocycles. The molecule has 0 bridgehead atoms. The molecule has 0 amide bonds. The number of rotatable bonds is 5. The van der Waals surface area contributed by atoms with Crippen molar-refractivity contribution in [3.05, 3.63) is 42.0 Å². The molecule has 0 atom stereocenters. The van der Waals surface area contributed by atoms with Crippen LogP contribution in [-0.4, -0.2) is 10.7 Å². The molecule has 0 spiro atoms. The summed E-state index contributed by atoms with van der Waals surface area (Å²) >= 11 is 6.79. The average Bonchev–Trinajstić information content (AvgIpc) is 2.28. The number of nitrogens with one attached hydrogen (secondary N) is 1. The Morgan fingerprint density at radius 2 is 2.13 bits per heavy atom. The Balaban J connectivity index is 2.31. The first-order valence-electron chi connectivity index (χ1n) is 4.95. The largest absolute Gasteiger partial charge is 0.324 e. The van der Waals surface area contributed by atoms with Gasteiger partial charge in [-0.3, -0.25) is 0 Å². The minimum absolute atomic E-state index is 0.803. The van der Waals surface area contributed by atoms with Crippen molar-refractivity contribution in [2.75, 3.05) is 5.75 Å². The molecular formula is C12H15NS2. The Morgan fingerprint density at radius 3 is 2.80 bits per heavy atom. The van der Waals surface area contributed by atoms with Crippen molar-refractivity contribution in [1.29, 1.82) is 0 Å². The second-order valence-corrected chi connectivity index (χ2v) is 4.54. The lowest BCUT2D eigenvalue weighted by molar-refractivity contribution is 1.39. The molecule has 0 fully saturated rings. The van der Waals surface area contributed by atoms with Crippen molar-refractivity contribution < 1.29 is 0 Å². The van der Waals surface area contributed by atoms with Gasteiger partial charge in [0.1, 0.15) is 0 Å². The van der Waals surface area contributed by atoms with Crippen LogP contribution in [0.15, 0.2) is 36.4 Å². The maximum Gasteiger partial charge on any atom is 0.0890 e. The van der Waals surface area contributed by atoms with Crippen LogP contribution >= 0.6 is 24.2 Å². The Hall–Kier alpha value is -0.800.